The maximum Gasteiger partial charge on any atom is 0.416 e. The Bertz CT molecular complexity index is 887. The van der Waals surface area contributed by atoms with Gasteiger partial charge in [0.1, 0.15) is 0 Å². The van der Waals surface area contributed by atoms with E-state index in [1.54, 1.807) is 6.07 Å². The van der Waals surface area contributed by atoms with Crippen LogP contribution in [0.3, 0.4) is 0 Å². The summed E-state index contributed by atoms with van der Waals surface area (Å²) in [6.45, 7) is 0. The third-order valence-electron chi connectivity index (χ3n) is 3.76. The Morgan fingerprint density at radius 3 is 1.54 bits per heavy atom. The third kappa shape index (κ3) is 2.99. The molecule has 0 bridgehead atoms. The van der Waals surface area contributed by atoms with Crippen LogP contribution in [0.1, 0.15) is 5.56 Å². The van der Waals surface area contributed by atoms with E-state index in [1.165, 1.54) is 6.07 Å². The van der Waals surface area contributed by atoms with Crippen molar-refractivity contribution >= 4 is 9.44 Å². The maximum absolute atomic E-state index is 13.1. The Kier molecular flexibility index (Phi) is 4.27. The van der Waals surface area contributed by atoms with E-state index in [2.05, 4.69) is 0 Å². The molecule has 0 fully saturated rings. The van der Waals surface area contributed by atoms with Gasteiger partial charge in [-0.05, 0) is 42.5 Å². The molecular formula is C20H15F3S. The molecule has 0 aliphatic rings. The number of alkyl halides is 3. The first-order valence-electron chi connectivity index (χ1n) is 7.31. The lowest BCUT2D eigenvalue weighted by molar-refractivity contribution is -0.137. The van der Waals surface area contributed by atoms with Crippen LogP contribution in [0.25, 0.3) is 0 Å². The largest absolute Gasteiger partial charge is 0.416 e. The van der Waals surface area contributed by atoms with E-state index >= 15 is 0 Å². The molecule has 0 aromatic heterocycles. The van der Waals surface area contributed by atoms with Crippen LogP contribution in [0, 0.1) is 5.69 Å². The molecule has 0 radical (unpaired) electrons. The van der Waals surface area contributed by atoms with Gasteiger partial charge in [0, 0.05) is 14.7 Å². The molecule has 0 heterocycles. The van der Waals surface area contributed by atoms with E-state index < -0.39 is 21.2 Å². The van der Waals surface area contributed by atoms with Gasteiger partial charge in [-0.2, -0.15) is 13.2 Å². The van der Waals surface area contributed by atoms with Gasteiger partial charge in [0.05, 0.1) is 5.56 Å². The summed E-state index contributed by atoms with van der Waals surface area (Å²) in [5.41, 5.74) is 6.10. The smallest absolute Gasteiger partial charge is 0.166 e. The van der Waals surface area contributed by atoms with E-state index in [9.17, 15) is 13.2 Å². The molecule has 3 aromatic rings. The van der Waals surface area contributed by atoms with Crippen molar-refractivity contribution in [1.29, 1.82) is 0 Å². The predicted octanol–water partition coefficient (Wildman–Crippen LogP) is 6.58. The van der Waals surface area contributed by atoms with Gasteiger partial charge in [-0.3, -0.25) is 0 Å². The van der Waals surface area contributed by atoms with Gasteiger partial charge in [-0.1, -0.05) is 42.5 Å². The van der Waals surface area contributed by atoms with Gasteiger partial charge < -0.3 is 0 Å². The summed E-state index contributed by atoms with van der Waals surface area (Å²) in [6, 6.07) is 23.9. The lowest BCUT2D eigenvalue weighted by atomic mass is 10.2. The molecule has 24 heavy (non-hydrogen) atoms. The second-order valence-corrected chi connectivity index (χ2v) is 8.05. The summed E-state index contributed by atoms with van der Waals surface area (Å²) in [5.74, 6) is 0. The Morgan fingerprint density at radius 2 is 1.08 bits per heavy atom. The van der Waals surface area contributed by atoms with E-state index in [0.717, 1.165) is 21.9 Å². The highest BCUT2D eigenvalue weighted by Crippen LogP contribution is 2.56. The second kappa shape index (κ2) is 6.23. The van der Waals surface area contributed by atoms with Gasteiger partial charge in [-0.25, -0.2) is 0 Å². The van der Waals surface area contributed by atoms with Crippen LogP contribution in [-0.2, 0) is 6.18 Å². The predicted molar refractivity (Wildman–Crippen MR) is 91.7 cm³/mol. The van der Waals surface area contributed by atoms with Crippen LogP contribution in [0.2, 0.25) is 0 Å². The van der Waals surface area contributed by atoms with Crippen LogP contribution in [0.15, 0.2) is 99.6 Å². The molecule has 0 saturated carbocycles. The molecule has 0 aliphatic carbocycles. The van der Waals surface area contributed by atoms with Gasteiger partial charge >= 0.3 is 6.18 Å². The average Bonchev–Trinajstić information content (AvgIpc) is 2.62. The van der Waals surface area contributed by atoms with Gasteiger partial charge in [0.2, 0.25) is 0 Å². The van der Waals surface area contributed by atoms with E-state index in [0.29, 0.717) is 4.90 Å². The minimum atomic E-state index is -4.40. The normalized spacial score (nSPS) is 12.1. The van der Waals surface area contributed by atoms with E-state index in [4.69, 9.17) is 5.69 Å². The zero-order valence-electron chi connectivity index (χ0n) is 12.7. The zero-order chi connectivity index (χ0) is 17.2. The lowest BCUT2D eigenvalue weighted by Crippen LogP contribution is -2.05. The minimum absolute atomic E-state index is 0.481. The minimum Gasteiger partial charge on any atom is -0.166 e. The first-order valence-corrected chi connectivity index (χ1v) is 9.00. The van der Waals surface area contributed by atoms with Crippen molar-refractivity contribution in [3.8, 4) is 5.69 Å². The topological polar surface area (TPSA) is 0 Å². The van der Waals surface area contributed by atoms with Crippen LogP contribution < -0.4 is 0 Å². The Labute approximate surface area is 140 Å². The first-order chi connectivity index (χ1) is 11.4. The van der Waals surface area contributed by atoms with Crippen LogP contribution >= 0.6 is 9.44 Å². The highest BCUT2D eigenvalue weighted by molar-refractivity contribution is 8.24. The summed E-state index contributed by atoms with van der Waals surface area (Å²) in [6.07, 6.45) is -4.40. The molecule has 0 aliphatic heterocycles. The molecule has 3 aromatic carbocycles. The number of hydrogen-bond donors (Lipinski definition) is 0. The first kappa shape index (κ1) is 16.4. The zero-order valence-corrected chi connectivity index (χ0v) is 13.5. The van der Waals surface area contributed by atoms with Crippen LogP contribution in [0.5, 0.6) is 0 Å². The van der Waals surface area contributed by atoms with Gasteiger partial charge in [0.25, 0.3) is 0 Å². The molecule has 0 atom stereocenters. The quantitative estimate of drug-likeness (QED) is 0.432. The number of halogens is 3. The van der Waals surface area contributed by atoms with E-state index in [-0.39, 0.29) is 0 Å². The fourth-order valence-corrected chi connectivity index (χ4v) is 5.15. The lowest BCUT2D eigenvalue weighted by Gasteiger charge is -2.26. The molecule has 0 amide bonds. The van der Waals surface area contributed by atoms with E-state index in [1.807, 2.05) is 60.7 Å². The molecule has 0 N–H and O–H groups in total. The molecule has 0 nitrogen and oxygen atoms in total. The van der Waals surface area contributed by atoms with Crippen LogP contribution in [-0.4, -0.2) is 0 Å². The summed E-state index contributed by atoms with van der Waals surface area (Å²) >= 11 is 0. The maximum atomic E-state index is 13.1. The average molecular weight is 344 g/mol. The molecular weight excluding hydrogens is 329 g/mol. The van der Waals surface area contributed by atoms with Crippen molar-refractivity contribution in [3.05, 3.63) is 90.5 Å². The molecule has 122 valence electrons. The third-order valence-corrected chi connectivity index (χ3v) is 6.79. The van der Waals surface area contributed by atoms with Crippen LogP contribution in [0.4, 0.5) is 13.2 Å². The van der Waals surface area contributed by atoms with Crippen molar-refractivity contribution in [2.24, 2.45) is 0 Å². The monoisotopic (exact) mass is 344 g/mol. The Hall–Kier alpha value is -2.42. The Balaban J connectivity index is 2.27. The summed E-state index contributed by atoms with van der Waals surface area (Å²) in [4.78, 5) is 2.11. The molecule has 4 heteroatoms. The van der Waals surface area contributed by atoms with Crippen molar-refractivity contribution < 1.29 is 13.2 Å². The SMILES string of the molecule is C#S(c1ccccc1)(c1ccccc1)c1cccc(C(F)(F)F)c1. The summed E-state index contributed by atoms with van der Waals surface area (Å²) in [7, 11) is -2.26. The molecule has 0 saturated heterocycles. The number of benzene rings is 3. The standard InChI is InChI=1S/C20H15F3S/c1-24(17-10-4-2-5-11-17,18-12-6-3-7-13-18)19-14-8-9-16(15-19)20(21,22)23/h1-15H. The molecule has 3 rings (SSSR count). The summed E-state index contributed by atoms with van der Waals surface area (Å²) < 4.78 is 39.4. The number of hydrogen-bond acceptors (Lipinski definition) is 0. The summed E-state index contributed by atoms with van der Waals surface area (Å²) in [5, 5.41) is 0. The highest BCUT2D eigenvalue weighted by Gasteiger charge is 2.31. The van der Waals surface area contributed by atoms with Crippen molar-refractivity contribution in [3.63, 3.8) is 0 Å². The fourth-order valence-electron chi connectivity index (χ4n) is 2.55. The van der Waals surface area contributed by atoms with Crippen molar-refractivity contribution in [2.75, 3.05) is 0 Å². The highest BCUT2D eigenvalue weighted by atomic mass is 32.2. The van der Waals surface area contributed by atoms with Crippen molar-refractivity contribution in [2.45, 2.75) is 20.9 Å². The fraction of sp³-hybridized carbons (Fsp3) is 0.0500. The van der Waals surface area contributed by atoms with Crippen molar-refractivity contribution in [1.82, 2.24) is 0 Å². The molecule has 0 spiro atoms. The Morgan fingerprint density at radius 1 is 0.625 bits per heavy atom. The second-order valence-electron chi connectivity index (χ2n) is 5.31. The van der Waals surface area contributed by atoms with Gasteiger partial charge in [-0.15, -0.1) is 15.1 Å². The number of rotatable bonds is 0. The van der Waals surface area contributed by atoms with Gasteiger partial charge in [0.15, 0.2) is 0 Å². The molecule has 0 unspecified atom stereocenters.